The second-order valence-electron chi connectivity index (χ2n) is 5.16. The smallest absolute Gasteiger partial charge is 0.0230 e. The van der Waals surface area contributed by atoms with Crippen molar-refractivity contribution in [2.75, 3.05) is 20.1 Å². The van der Waals surface area contributed by atoms with Crippen molar-refractivity contribution in [3.63, 3.8) is 0 Å². The summed E-state index contributed by atoms with van der Waals surface area (Å²) >= 11 is 0. The lowest BCUT2D eigenvalue weighted by Crippen LogP contribution is -2.36. The molecule has 0 bridgehead atoms. The maximum atomic E-state index is 3.61. The van der Waals surface area contributed by atoms with E-state index < -0.39 is 0 Å². The third-order valence-corrected chi connectivity index (χ3v) is 3.57. The minimum atomic E-state index is 0.752. The van der Waals surface area contributed by atoms with Gasteiger partial charge in [-0.15, -0.1) is 0 Å². The van der Waals surface area contributed by atoms with Crippen molar-refractivity contribution in [2.45, 2.75) is 38.3 Å². The zero-order chi connectivity index (χ0) is 11.9. The maximum Gasteiger partial charge on any atom is 0.0230 e. The fourth-order valence-electron chi connectivity index (χ4n) is 2.52. The Morgan fingerprint density at radius 1 is 1.24 bits per heavy atom. The normalized spacial score (nSPS) is 20.7. The number of rotatable bonds is 5. The molecule has 1 fully saturated rings. The predicted molar refractivity (Wildman–Crippen MR) is 73.0 cm³/mol. The van der Waals surface area contributed by atoms with Gasteiger partial charge < -0.3 is 10.2 Å². The largest absolute Gasteiger partial charge is 0.314 e. The molecule has 17 heavy (non-hydrogen) atoms. The molecular formula is C15H24N2. The van der Waals surface area contributed by atoms with Crippen molar-refractivity contribution < 1.29 is 0 Å². The van der Waals surface area contributed by atoms with Crippen LogP contribution in [0.4, 0.5) is 0 Å². The Bertz CT molecular complexity index is 304. The third kappa shape index (κ3) is 4.49. The van der Waals surface area contributed by atoms with Crippen molar-refractivity contribution in [3.05, 3.63) is 35.9 Å². The summed E-state index contributed by atoms with van der Waals surface area (Å²) in [4.78, 5) is 2.42. The van der Waals surface area contributed by atoms with Crippen LogP contribution in [0.2, 0.25) is 0 Å². The van der Waals surface area contributed by atoms with Crippen LogP contribution >= 0.6 is 0 Å². The molecule has 0 spiro atoms. The van der Waals surface area contributed by atoms with E-state index in [9.17, 15) is 0 Å². The van der Waals surface area contributed by atoms with Crippen molar-refractivity contribution in [2.24, 2.45) is 0 Å². The number of nitrogens with zero attached hydrogens (tertiary/aromatic N) is 1. The van der Waals surface area contributed by atoms with E-state index in [1.165, 1.54) is 44.3 Å². The van der Waals surface area contributed by atoms with E-state index in [0.717, 1.165) is 12.6 Å². The highest BCUT2D eigenvalue weighted by Crippen LogP contribution is 2.11. The molecule has 2 nitrogen and oxygen atoms in total. The molecule has 1 N–H and O–H groups in total. The minimum Gasteiger partial charge on any atom is -0.314 e. The zero-order valence-corrected chi connectivity index (χ0v) is 10.9. The fraction of sp³-hybridized carbons (Fsp3) is 0.600. The number of nitrogens with one attached hydrogen (secondary N) is 1. The summed E-state index contributed by atoms with van der Waals surface area (Å²) in [6.45, 7) is 3.47. The van der Waals surface area contributed by atoms with E-state index >= 15 is 0 Å². The monoisotopic (exact) mass is 232 g/mol. The maximum absolute atomic E-state index is 3.61. The average molecular weight is 232 g/mol. The van der Waals surface area contributed by atoms with Crippen LogP contribution < -0.4 is 5.32 Å². The average Bonchev–Trinajstić information content (AvgIpc) is 2.39. The Morgan fingerprint density at radius 2 is 2.06 bits per heavy atom. The first-order chi connectivity index (χ1) is 8.34. The Morgan fingerprint density at radius 3 is 2.76 bits per heavy atom. The standard InChI is InChI=1S/C15H24N2/c1-17(13-14-7-3-2-4-8-14)12-10-15-9-5-6-11-16-15/h2-4,7-8,15-16H,5-6,9-13H2,1H3/t15-/m0/s1. The van der Waals surface area contributed by atoms with Crippen LogP contribution in [0, 0.1) is 0 Å². The van der Waals surface area contributed by atoms with Gasteiger partial charge in [0, 0.05) is 12.6 Å². The summed E-state index contributed by atoms with van der Waals surface area (Å²) in [7, 11) is 2.22. The molecule has 2 heteroatoms. The summed E-state index contributed by atoms with van der Waals surface area (Å²) in [5.41, 5.74) is 1.41. The highest BCUT2D eigenvalue weighted by atomic mass is 15.1. The summed E-state index contributed by atoms with van der Waals surface area (Å²) < 4.78 is 0. The van der Waals surface area contributed by atoms with E-state index in [0.29, 0.717) is 0 Å². The fourth-order valence-corrected chi connectivity index (χ4v) is 2.52. The minimum absolute atomic E-state index is 0.752. The molecule has 0 radical (unpaired) electrons. The SMILES string of the molecule is CN(CC[C@@H]1CCCCN1)Cc1ccccc1. The lowest BCUT2D eigenvalue weighted by Gasteiger charge is -2.26. The molecule has 2 rings (SSSR count). The molecule has 1 aromatic rings. The van der Waals surface area contributed by atoms with Crippen LogP contribution in [-0.2, 0) is 6.54 Å². The van der Waals surface area contributed by atoms with Crippen molar-refractivity contribution >= 4 is 0 Å². The van der Waals surface area contributed by atoms with Crippen LogP contribution in [-0.4, -0.2) is 31.1 Å². The summed E-state index contributed by atoms with van der Waals surface area (Å²) in [5, 5.41) is 3.61. The van der Waals surface area contributed by atoms with Gasteiger partial charge in [0.05, 0.1) is 0 Å². The predicted octanol–water partition coefficient (Wildman–Crippen LogP) is 2.65. The van der Waals surface area contributed by atoms with E-state index in [2.05, 4.69) is 47.6 Å². The van der Waals surface area contributed by atoms with Crippen LogP contribution in [0.25, 0.3) is 0 Å². The molecular weight excluding hydrogens is 208 g/mol. The molecule has 1 aliphatic heterocycles. The molecule has 1 saturated heterocycles. The first-order valence-electron chi connectivity index (χ1n) is 6.80. The van der Waals surface area contributed by atoms with Gasteiger partial charge in [-0.25, -0.2) is 0 Å². The van der Waals surface area contributed by atoms with Crippen LogP contribution in [0.15, 0.2) is 30.3 Å². The second-order valence-corrected chi connectivity index (χ2v) is 5.16. The molecule has 0 unspecified atom stereocenters. The Hall–Kier alpha value is -0.860. The zero-order valence-electron chi connectivity index (χ0n) is 10.9. The second kappa shape index (κ2) is 6.77. The Balaban J connectivity index is 1.68. The van der Waals surface area contributed by atoms with Gasteiger partial charge in [0.15, 0.2) is 0 Å². The van der Waals surface area contributed by atoms with Gasteiger partial charge in [0.2, 0.25) is 0 Å². The third-order valence-electron chi connectivity index (χ3n) is 3.57. The highest BCUT2D eigenvalue weighted by Gasteiger charge is 2.12. The summed E-state index contributed by atoms with van der Waals surface area (Å²) in [6.07, 6.45) is 5.40. The summed E-state index contributed by atoms with van der Waals surface area (Å²) in [5.74, 6) is 0. The van der Waals surface area contributed by atoms with Crippen molar-refractivity contribution in [3.8, 4) is 0 Å². The molecule has 0 amide bonds. The first-order valence-corrected chi connectivity index (χ1v) is 6.80. The van der Waals surface area contributed by atoms with Gasteiger partial charge >= 0.3 is 0 Å². The lowest BCUT2D eigenvalue weighted by molar-refractivity contribution is 0.282. The number of hydrogen-bond acceptors (Lipinski definition) is 2. The van der Waals surface area contributed by atoms with Crippen LogP contribution in [0.3, 0.4) is 0 Å². The van der Waals surface area contributed by atoms with E-state index in [1.807, 2.05) is 0 Å². The number of piperidine rings is 1. The van der Waals surface area contributed by atoms with Gasteiger partial charge in [-0.05, 0) is 45.0 Å². The quantitative estimate of drug-likeness (QED) is 0.839. The number of benzene rings is 1. The number of hydrogen-bond donors (Lipinski definition) is 1. The van der Waals surface area contributed by atoms with Crippen molar-refractivity contribution in [1.82, 2.24) is 10.2 Å². The van der Waals surface area contributed by atoms with E-state index in [1.54, 1.807) is 0 Å². The highest BCUT2D eigenvalue weighted by molar-refractivity contribution is 5.14. The lowest BCUT2D eigenvalue weighted by atomic mass is 10.0. The molecule has 0 saturated carbocycles. The Kier molecular flexibility index (Phi) is 5.02. The molecule has 94 valence electrons. The van der Waals surface area contributed by atoms with Crippen molar-refractivity contribution in [1.29, 1.82) is 0 Å². The molecule has 0 aromatic heterocycles. The van der Waals surface area contributed by atoms with Crippen LogP contribution in [0.1, 0.15) is 31.2 Å². The topological polar surface area (TPSA) is 15.3 Å². The van der Waals surface area contributed by atoms with Crippen LogP contribution in [0.5, 0.6) is 0 Å². The van der Waals surface area contributed by atoms with Gasteiger partial charge in [0.1, 0.15) is 0 Å². The molecule has 1 heterocycles. The van der Waals surface area contributed by atoms with Gasteiger partial charge in [-0.2, -0.15) is 0 Å². The van der Waals surface area contributed by atoms with E-state index in [-0.39, 0.29) is 0 Å². The molecule has 0 aliphatic carbocycles. The Labute approximate surface area is 105 Å². The van der Waals surface area contributed by atoms with Gasteiger partial charge in [-0.3, -0.25) is 0 Å². The molecule has 1 aromatic carbocycles. The van der Waals surface area contributed by atoms with Gasteiger partial charge in [-0.1, -0.05) is 36.8 Å². The summed E-state index contributed by atoms with van der Waals surface area (Å²) in [6, 6.07) is 11.5. The van der Waals surface area contributed by atoms with E-state index in [4.69, 9.17) is 0 Å². The van der Waals surface area contributed by atoms with Gasteiger partial charge in [0.25, 0.3) is 0 Å². The molecule has 1 aliphatic rings. The first kappa shape index (κ1) is 12.6. The molecule has 1 atom stereocenters.